The Hall–Kier alpha value is -0.0551. The fourth-order valence-corrected chi connectivity index (χ4v) is 1.28. The van der Waals surface area contributed by atoms with Crippen LogP contribution in [-0.4, -0.2) is 26.8 Å². The zero-order valence-corrected chi connectivity index (χ0v) is 11.9. The molecule has 0 aromatic heterocycles. The van der Waals surface area contributed by atoms with Gasteiger partial charge in [0.15, 0.2) is 0 Å². The molecule has 0 aliphatic carbocycles. The summed E-state index contributed by atoms with van der Waals surface area (Å²) in [4.78, 5) is 0. The first-order valence-electron chi connectivity index (χ1n) is 6.62. The molecule has 0 aliphatic heterocycles. The summed E-state index contributed by atoms with van der Waals surface area (Å²) in [5, 5.41) is 10.5. The van der Waals surface area contributed by atoms with Crippen molar-refractivity contribution in [2.75, 3.05) is 19.6 Å². The van der Waals surface area contributed by atoms with Crippen LogP contribution >= 0.6 is 0 Å². The molecule has 0 heterocycles. The van der Waals surface area contributed by atoms with Crippen LogP contribution in [0.15, 0.2) is 0 Å². The van der Waals surface area contributed by atoms with E-state index in [-0.39, 0.29) is 7.12 Å². The van der Waals surface area contributed by atoms with Crippen molar-refractivity contribution in [1.29, 1.82) is 0 Å². The van der Waals surface area contributed by atoms with Crippen molar-refractivity contribution in [2.24, 2.45) is 17.8 Å². The lowest BCUT2D eigenvalue weighted by atomic mass is 9.90. The van der Waals surface area contributed by atoms with Gasteiger partial charge in [-0.15, -0.1) is 0 Å². The fourth-order valence-electron chi connectivity index (χ4n) is 1.28. The maximum absolute atomic E-state index is 3.51. The predicted molar refractivity (Wildman–Crippen MR) is 74.3 cm³/mol. The minimum absolute atomic E-state index is 0.243. The highest BCUT2D eigenvalue weighted by atomic mass is 15.1. The summed E-state index contributed by atoms with van der Waals surface area (Å²) in [5.41, 5.74) is 0. The summed E-state index contributed by atoms with van der Waals surface area (Å²) in [6, 6.07) is 0. The number of nitrogens with one attached hydrogen (secondary N) is 3. The van der Waals surface area contributed by atoms with E-state index < -0.39 is 0 Å². The second-order valence-electron chi connectivity index (χ2n) is 5.84. The Morgan fingerprint density at radius 3 is 1.06 bits per heavy atom. The van der Waals surface area contributed by atoms with E-state index >= 15 is 0 Å². The van der Waals surface area contributed by atoms with Crippen LogP contribution in [0.25, 0.3) is 0 Å². The van der Waals surface area contributed by atoms with Crippen LogP contribution in [0, 0.1) is 17.8 Å². The molecule has 0 saturated heterocycles. The SMILES string of the molecule is CC(C)CNB(NCC(C)C)NCC(C)C. The van der Waals surface area contributed by atoms with E-state index in [2.05, 4.69) is 57.2 Å². The molecule has 0 fully saturated rings. The molecular formula is C12H30BN3. The summed E-state index contributed by atoms with van der Waals surface area (Å²) >= 11 is 0. The second kappa shape index (κ2) is 9.02. The molecule has 3 N–H and O–H groups in total. The molecule has 96 valence electrons. The number of hydrogen-bond acceptors (Lipinski definition) is 3. The van der Waals surface area contributed by atoms with E-state index in [9.17, 15) is 0 Å². The maximum atomic E-state index is 3.51. The van der Waals surface area contributed by atoms with Crippen LogP contribution in [0.1, 0.15) is 41.5 Å². The van der Waals surface area contributed by atoms with Gasteiger partial charge in [0.1, 0.15) is 0 Å². The van der Waals surface area contributed by atoms with Crippen LogP contribution in [0.2, 0.25) is 0 Å². The Morgan fingerprint density at radius 2 is 0.875 bits per heavy atom. The lowest BCUT2D eigenvalue weighted by molar-refractivity contribution is 0.571. The normalized spacial score (nSPS) is 11.8. The fraction of sp³-hybridized carbons (Fsp3) is 1.00. The molecule has 0 aromatic carbocycles. The summed E-state index contributed by atoms with van der Waals surface area (Å²) in [5.74, 6) is 2.05. The quantitative estimate of drug-likeness (QED) is 0.525. The van der Waals surface area contributed by atoms with Crippen LogP contribution in [0.5, 0.6) is 0 Å². The third-order valence-electron chi connectivity index (χ3n) is 2.19. The molecule has 0 aromatic rings. The highest BCUT2D eigenvalue weighted by Crippen LogP contribution is 1.91. The first-order chi connectivity index (χ1) is 7.41. The van der Waals surface area contributed by atoms with Gasteiger partial charge in [-0.3, -0.25) is 0 Å². The van der Waals surface area contributed by atoms with Crippen molar-refractivity contribution in [3.8, 4) is 0 Å². The average Bonchev–Trinajstić information content (AvgIpc) is 2.15. The molecule has 0 aliphatic rings. The van der Waals surface area contributed by atoms with Crippen molar-refractivity contribution in [3.05, 3.63) is 0 Å². The topological polar surface area (TPSA) is 36.1 Å². The van der Waals surface area contributed by atoms with Gasteiger partial charge >= 0.3 is 7.12 Å². The lowest BCUT2D eigenvalue weighted by Crippen LogP contribution is -2.60. The minimum atomic E-state index is 0.243. The zero-order valence-electron chi connectivity index (χ0n) is 11.9. The van der Waals surface area contributed by atoms with Gasteiger partial charge in [-0.25, -0.2) is 0 Å². The first kappa shape index (κ1) is 15.9. The molecule has 0 radical (unpaired) electrons. The molecule has 0 spiro atoms. The van der Waals surface area contributed by atoms with E-state index in [1.165, 1.54) is 0 Å². The van der Waals surface area contributed by atoms with Gasteiger partial charge in [0.25, 0.3) is 0 Å². The average molecular weight is 227 g/mol. The van der Waals surface area contributed by atoms with E-state index in [4.69, 9.17) is 0 Å². The summed E-state index contributed by atoms with van der Waals surface area (Å²) in [6.07, 6.45) is 0. The molecule has 0 amide bonds. The Kier molecular flexibility index (Phi) is 8.99. The summed E-state index contributed by atoms with van der Waals surface area (Å²) in [7, 11) is 0.243. The Bertz CT molecular complexity index is 132. The Labute approximate surface area is 102 Å². The molecule has 0 bridgehead atoms. The molecule has 3 nitrogen and oxygen atoms in total. The standard InChI is InChI=1S/C12H30BN3/c1-10(2)7-14-13(15-8-11(3)4)16-9-12(5)6/h10-12,14-16H,7-9H2,1-6H3. The van der Waals surface area contributed by atoms with E-state index in [1.54, 1.807) is 0 Å². The van der Waals surface area contributed by atoms with E-state index in [0.717, 1.165) is 19.6 Å². The van der Waals surface area contributed by atoms with Gasteiger partial charge in [0.05, 0.1) is 0 Å². The molecule has 0 unspecified atom stereocenters. The molecule has 0 rings (SSSR count). The van der Waals surface area contributed by atoms with Gasteiger partial charge in [-0.2, -0.15) is 0 Å². The monoisotopic (exact) mass is 227 g/mol. The Balaban J connectivity index is 3.85. The number of hydrogen-bond donors (Lipinski definition) is 3. The molecule has 0 atom stereocenters. The van der Waals surface area contributed by atoms with Gasteiger partial charge in [0.2, 0.25) is 0 Å². The molecular weight excluding hydrogens is 197 g/mol. The molecule has 4 heteroatoms. The third-order valence-corrected chi connectivity index (χ3v) is 2.19. The molecule has 0 saturated carbocycles. The summed E-state index contributed by atoms with van der Waals surface area (Å²) < 4.78 is 0. The lowest BCUT2D eigenvalue weighted by Gasteiger charge is -2.20. The van der Waals surface area contributed by atoms with Crippen molar-refractivity contribution >= 4 is 7.12 Å². The second-order valence-corrected chi connectivity index (χ2v) is 5.84. The van der Waals surface area contributed by atoms with Crippen molar-refractivity contribution in [3.63, 3.8) is 0 Å². The van der Waals surface area contributed by atoms with E-state index in [0.29, 0.717) is 17.8 Å². The highest BCUT2D eigenvalue weighted by Gasteiger charge is 2.14. The number of rotatable bonds is 9. The van der Waals surface area contributed by atoms with Gasteiger partial charge in [-0.1, -0.05) is 41.5 Å². The zero-order chi connectivity index (χ0) is 12.6. The van der Waals surface area contributed by atoms with Crippen molar-refractivity contribution in [2.45, 2.75) is 41.5 Å². The summed E-state index contributed by atoms with van der Waals surface area (Å²) in [6.45, 7) is 16.5. The van der Waals surface area contributed by atoms with Crippen LogP contribution in [0.3, 0.4) is 0 Å². The van der Waals surface area contributed by atoms with Crippen LogP contribution < -0.4 is 15.7 Å². The predicted octanol–water partition coefficient (Wildman–Crippen LogP) is 1.71. The minimum Gasteiger partial charge on any atom is -0.327 e. The smallest absolute Gasteiger partial charge is 0.327 e. The van der Waals surface area contributed by atoms with Crippen molar-refractivity contribution < 1.29 is 0 Å². The van der Waals surface area contributed by atoms with E-state index in [1.807, 2.05) is 0 Å². The van der Waals surface area contributed by atoms with Gasteiger partial charge in [0, 0.05) is 0 Å². The Morgan fingerprint density at radius 1 is 0.625 bits per heavy atom. The largest absolute Gasteiger partial charge is 0.395 e. The van der Waals surface area contributed by atoms with Crippen molar-refractivity contribution in [1.82, 2.24) is 15.7 Å². The van der Waals surface area contributed by atoms with Crippen LogP contribution in [-0.2, 0) is 0 Å². The molecule has 16 heavy (non-hydrogen) atoms. The highest BCUT2D eigenvalue weighted by molar-refractivity contribution is 6.50. The van der Waals surface area contributed by atoms with Gasteiger partial charge in [-0.05, 0) is 37.4 Å². The maximum Gasteiger partial charge on any atom is 0.395 e. The van der Waals surface area contributed by atoms with Gasteiger partial charge < -0.3 is 15.7 Å². The van der Waals surface area contributed by atoms with Crippen LogP contribution in [0.4, 0.5) is 0 Å². The third kappa shape index (κ3) is 10.5. The first-order valence-corrected chi connectivity index (χ1v) is 6.62.